The lowest BCUT2D eigenvalue weighted by molar-refractivity contribution is 0.660. The lowest BCUT2D eigenvalue weighted by Crippen LogP contribution is -2.16. The molecule has 0 N–H and O–H groups in total. The molecule has 47 heavy (non-hydrogen) atoms. The van der Waals surface area contributed by atoms with Crippen LogP contribution in [0, 0.1) is 0 Å². The molecule has 0 saturated carbocycles. The van der Waals surface area contributed by atoms with E-state index in [0.29, 0.717) is 0 Å². The van der Waals surface area contributed by atoms with Gasteiger partial charge in [0.15, 0.2) is 0 Å². The maximum Gasteiger partial charge on any atom is 0.0547 e. The summed E-state index contributed by atoms with van der Waals surface area (Å²) in [6, 6.07) is 56.2. The van der Waals surface area contributed by atoms with Gasteiger partial charge in [-0.2, -0.15) is 0 Å². The molecule has 8 aromatic carbocycles. The summed E-state index contributed by atoms with van der Waals surface area (Å²) in [4.78, 5) is 2.54. The maximum absolute atomic E-state index is 2.54. The molecule has 222 valence electrons. The third-order valence-corrected chi connectivity index (χ3v) is 11.5. The summed E-state index contributed by atoms with van der Waals surface area (Å²) in [5.74, 6) is 0. The van der Waals surface area contributed by atoms with Crippen molar-refractivity contribution in [1.82, 2.24) is 0 Å². The number of hydrogen-bond donors (Lipinski definition) is 0. The highest BCUT2D eigenvalue weighted by molar-refractivity contribution is 7.26. The van der Waals surface area contributed by atoms with Crippen LogP contribution in [-0.2, 0) is 5.41 Å². The fourth-order valence-corrected chi connectivity index (χ4v) is 9.42. The number of benzene rings is 8. The van der Waals surface area contributed by atoms with E-state index in [9.17, 15) is 0 Å². The Bertz CT molecular complexity index is 2640. The molecule has 9 aromatic rings. The number of nitrogens with zero attached hydrogens (tertiary/aromatic N) is 1. The first kappa shape index (κ1) is 26.7. The van der Waals surface area contributed by atoms with Gasteiger partial charge in [-0.1, -0.05) is 129 Å². The van der Waals surface area contributed by atoms with Crippen molar-refractivity contribution in [2.75, 3.05) is 4.90 Å². The van der Waals surface area contributed by atoms with Gasteiger partial charge in [-0.15, -0.1) is 11.3 Å². The van der Waals surface area contributed by atoms with Gasteiger partial charge in [-0.25, -0.2) is 0 Å². The van der Waals surface area contributed by atoms with Crippen LogP contribution in [0.2, 0.25) is 0 Å². The van der Waals surface area contributed by atoms with Crippen molar-refractivity contribution in [3.8, 4) is 22.3 Å². The SMILES string of the molecule is CC1(C)c2ccccc2-c2c(N(c3ccc(-c4ccccc4)cc3)c3ccc4sc5cccc6c7ccccc7c3c4c56)cccc21. The van der Waals surface area contributed by atoms with Crippen molar-refractivity contribution in [3.05, 3.63) is 163 Å². The molecule has 0 unspecified atom stereocenters. The Kier molecular flexibility index (Phi) is 5.57. The number of fused-ring (bicyclic) bond motifs is 6. The Labute approximate surface area is 278 Å². The third kappa shape index (κ3) is 3.71. The van der Waals surface area contributed by atoms with E-state index < -0.39 is 0 Å². The Hall–Kier alpha value is -5.44. The summed E-state index contributed by atoms with van der Waals surface area (Å²) >= 11 is 1.90. The molecule has 0 spiro atoms. The minimum absolute atomic E-state index is 0.0892. The lowest BCUT2D eigenvalue weighted by Gasteiger charge is -2.30. The Morgan fingerprint density at radius 2 is 1.09 bits per heavy atom. The maximum atomic E-state index is 2.54. The van der Waals surface area contributed by atoms with Crippen LogP contribution in [0.25, 0.3) is 64.0 Å². The predicted molar refractivity (Wildman–Crippen MR) is 203 cm³/mol. The summed E-state index contributed by atoms with van der Waals surface area (Å²) in [6.07, 6.45) is 0. The molecular formula is C45H31NS. The van der Waals surface area contributed by atoms with Crippen molar-refractivity contribution >= 4 is 70.1 Å². The first-order valence-electron chi connectivity index (χ1n) is 16.4. The normalized spacial score (nSPS) is 13.5. The first-order valence-corrected chi connectivity index (χ1v) is 17.2. The smallest absolute Gasteiger partial charge is 0.0547 e. The van der Waals surface area contributed by atoms with Crippen molar-refractivity contribution < 1.29 is 0 Å². The Morgan fingerprint density at radius 1 is 0.447 bits per heavy atom. The van der Waals surface area contributed by atoms with Gasteiger partial charge in [0, 0.05) is 42.2 Å². The summed E-state index contributed by atoms with van der Waals surface area (Å²) in [5, 5.41) is 8.01. The molecule has 1 heterocycles. The monoisotopic (exact) mass is 617 g/mol. The largest absolute Gasteiger partial charge is 0.309 e. The second-order valence-electron chi connectivity index (χ2n) is 13.3. The molecule has 0 amide bonds. The number of hydrogen-bond acceptors (Lipinski definition) is 2. The van der Waals surface area contributed by atoms with Gasteiger partial charge < -0.3 is 4.90 Å². The van der Waals surface area contributed by atoms with Gasteiger partial charge in [0.1, 0.15) is 0 Å². The number of thiophene rings is 1. The first-order chi connectivity index (χ1) is 23.1. The highest BCUT2D eigenvalue weighted by Crippen LogP contribution is 2.56. The lowest BCUT2D eigenvalue weighted by atomic mass is 9.82. The Balaban J connectivity index is 1.33. The van der Waals surface area contributed by atoms with Gasteiger partial charge >= 0.3 is 0 Å². The summed E-state index contributed by atoms with van der Waals surface area (Å²) in [7, 11) is 0. The van der Waals surface area contributed by atoms with Gasteiger partial charge in [-0.3, -0.25) is 0 Å². The van der Waals surface area contributed by atoms with E-state index in [-0.39, 0.29) is 5.41 Å². The highest BCUT2D eigenvalue weighted by atomic mass is 32.1. The molecule has 0 radical (unpaired) electrons. The van der Waals surface area contributed by atoms with E-state index in [2.05, 4.69) is 170 Å². The average Bonchev–Trinajstić information content (AvgIpc) is 3.62. The van der Waals surface area contributed by atoms with Crippen LogP contribution in [0.1, 0.15) is 25.0 Å². The van der Waals surface area contributed by atoms with E-state index in [1.165, 1.54) is 86.5 Å². The predicted octanol–water partition coefficient (Wildman–Crippen LogP) is 13.2. The molecule has 0 aliphatic heterocycles. The van der Waals surface area contributed by atoms with Crippen LogP contribution in [-0.4, -0.2) is 0 Å². The van der Waals surface area contributed by atoms with Gasteiger partial charge in [0.05, 0.1) is 11.4 Å². The van der Waals surface area contributed by atoms with Crippen molar-refractivity contribution in [1.29, 1.82) is 0 Å². The molecular weight excluding hydrogens is 587 g/mol. The molecule has 1 aromatic heterocycles. The molecule has 0 fully saturated rings. The van der Waals surface area contributed by atoms with E-state index in [4.69, 9.17) is 0 Å². The molecule has 10 rings (SSSR count). The minimum atomic E-state index is -0.0892. The quantitative estimate of drug-likeness (QED) is 0.178. The zero-order chi connectivity index (χ0) is 31.3. The third-order valence-electron chi connectivity index (χ3n) is 10.4. The van der Waals surface area contributed by atoms with Gasteiger partial charge in [-0.05, 0) is 80.4 Å². The molecule has 2 heteroatoms. The highest BCUT2D eigenvalue weighted by Gasteiger charge is 2.38. The topological polar surface area (TPSA) is 3.24 Å². The zero-order valence-electron chi connectivity index (χ0n) is 26.3. The van der Waals surface area contributed by atoms with E-state index in [1.54, 1.807) is 0 Å². The van der Waals surface area contributed by atoms with Crippen molar-refractivity contribution in [2.24, 2.45) is 0 Å². The van der Waals surface area contributed by atoms with Crippen LogP contribution in [0.4, 0.5) is 17.1 Å². The summed E-state index contributed by atoms with van der Waals surface area (Å²) < 4.78 is 2.69. The van der Waals surface area contributed by atoms with E-state index in [0.717, 1.165) is 5.69 Å². The van der Waals surface area contributed by atoms with Gasteiger partial charge in [0.2, 0.25) is 0 Å². The average molecular weight is 618 g/mol. The standard InChI is InChI=1S/C45H31NS/c1-45(2)35-18-9-8-16-34(35)41-36(45)19-11-20-37(41)46(30-24-22-29(23-25-30)28-12-4-3-5-13-28)38-26-27-40-44-42(38)32-15-7-6-14-31(32)33-17-10-21-39(47-40)43(33)44/h3-27H,1-2H3. The molecule has 1 aliphatic rings. The van der Waals surface area contributed by atoms with E-state index >= 15 is 0 Å². The number of anilines is 3. The second-order valence-corrected chi connectivity index (χ2v) is 14.4. The van der Waals surface area contributed by atoms with Crippen LogP contribution in [0.5, 0.6) is 0 Å². The molecule has 0 atom stereocenters. The number of rotatable bonds is 4. The summed E-state index contributed by atoms with van der Waals surface area (Å²) in [5.41, 5.74) is 11.3. The minimum Gasteiger partial charge on any atom is -0.309 e. The van der Waals surface area contributed by atoms with Crippen molar-refractivity contribution in [3.63, 3.8) is 0 Å². The summed E-state index contributed by atoms with van der Waals surface area (Å²) in [6.45, 7) is 4.73. The van der Waals surface area contributed by atoms with Crippen molar-refractivity contribution in [2.45, 2.75) is 19.3 Å². The van der Waals surface area contributed by atoms with Crippen LogP contribution < -0.4 is 4.90 Å². The zero-order valence-corrected chi connectivity index (χ0v) is 27.1. The fraction of sp³-hybridized carbons (Fsp3) is 0.0667. The van der Waals surface area contributed by atoms with Crippen LogP contribution >= 0.6 is 11.3 Å². The van der Waals surface area contributed by atoms with Gasteiger partial charge in [0.25, 0.3) is 0 Å². The van der Waals surface area contributed by atoms with Crippen LogP contribution in [0.3, 0.4) is 0 Å². The second kappa shape index (κ2) is 9.78. The Morgan fingerprint density at radius 3 is 1.94 bits per heavy atom. The molecule has 0 saturated heterocycles. The molecule has 0 bridgehead atoms. The van der Waals surface area contributed by atoms with Crippen LogP contribution in [0.15, 0.2) is 152 Å². The fourth-order valence-electron chi connectivity index (χ4n) is 8.28. The van der Waals surface area contributed by atoms with E-state index in [1.807, 2.05) is 11.3 Å². The molecule has 1 nitrogen and oxygen atoms in total. The molecule has 1 aliphatic carbocycles.